The first kappa shape index (κ1) is 24.8. The summed E-state index contributed by atoms with van der Waals surface area (Å²) in [6, 6.07) is 12.3. The summed E-state index contributed by atoms with van der Waals surface area (Å²) in [7, 11) is -4.02. The second-order valence-electron chi connectivity index (χ2n) is 10.1. The number of sulfonamides is 1. The van der Waals surface area contributed by atoms with E-state index in [4.69, 9.17) is 8.94 Å². The molecule has 0 bridgehead atoms. The largest absolute Gasteiger partial charge is 0.445 e. The Morgan fingerprint density at radius 1 is 1.11 bits per heavy atom. The highest BCUT2D eigenvalue weighted by Crippen LogP contribution is 2.37. The maximum Gasteiger partial charge on any atom is 0.264 e. The van der Waals surface area contributed by atoms with E-state index in [2.05, 4.69) is 28.7 Å². The molecule has 192 valence electrons. The molecule has 37 heavy (non-hydrogen) atoms. The molecule has 0 radical (unpaired) electrons. The molecule has 3 heterocycles. The number of nitrogens with zero attached hydrogens (tertiary/aromatic N) is 3. The Morgan fingerprint density at radius 2 is 1.89 bits per heavy atom. The van der Waals surface area contributed by atoms with E-state index in [0.717, 1.165) is 11.1 Å². The summed E-state index contributed by atoms with van der Waals surface area (Å²) in [6.45, 7) is 8.55. The van der Waals surface area contributed by atoms with Crippen molar-refractivity contribution in [2.45, 2.75) is 45.6 Å². The number of oxazole rings is 1. The van der Waals surface area contributed by atoms with Crippen LogP contribution in [0, 0.1) is 19.3 Å². The van der Waals surface area contributed by atoms with Crippen LogP contribution in [0.15, 0.2) is 68.8 Å². The number of hydrogen-bond donors (Lipinski definition) is 1. The highest BCUT2D eigenvalue weighted by atomic mass is 32.2. The van der Waals surface area contributed by atoms with Crippen LogP contribution in [0.2, 0.25) is 0 Å². The monoisotopic (exact) mass is 520 g/mol. The quantitative estimate of drug-likeness (QED) is 0.357. The van der Waals surface area contributed by atoms with Crippen LogP contribution in [0.1, 0.15) is 37.1 Å². The molecule has 5 rings (SSSR count). The number of aryl methyl sites for hydroxylation is 1. The van der Waals surface area contributed by atoms with Crippen molar-refractivity contribution in [3.05, 3.63) is 71.7 Å². The number of carbonyl (C=O) groups is 1. The molecule has 1 saturated heterocycles. The topological polar surface area (TPSA) is 119 Å². The molecule has 10 heteroatoms. The average molecular weight is 521 g/mol. The molecule has 1 amide bonds. The Bertz CT molecular complexity index is 1570. The van der Waals surface area contributed by atoms with E-state index >= 15 is 0 Å². The molecule has 0 spiro atoms. The van der Waals surface area contributed by atoms with Gasteiger partial charge in [-0.3, -0.25) is 4.79 Å². The number of amides is 1. The van der Waals surface area contributed by atoms with Crippen LogP contribution in [0.4, 0.5) is 5.88 Å². The molecular weight excluding hydrogens is 492 g/mol. The van der Waals surface area contributed by atoms with E-state index in [9.17, 15) is 13.2 Å². The zero-order valence-electron chi connectivity index (χ0n) is 21.1. The molecule has 2 aromatic carbocycles. The van der Waals surface area contributed by atoms with Crippen LogP contribution in [-0.2, 0) is 21.4 Å². The summed E-state index contributed by atoms with van der Waals surface area (Å²) in [6.07, 6.45) is 3.53. The van der Waals surface area contributed by atoms with E-state index in [1.807, 2.05) is 23.1 Å². The lowest BCUT2D eigenvalue weighted by molar-refractivity contribution is -0.128. The maximum absolute atomic E-state index is 13.5. The predicted molar refractivity (Wildman–Crippen MR) is 138 cm³/mol. The van der Waals surface area contributed by atoms with E-state index < -0.39 is 10.0 Å². The van der Waals surface area contributed by atoms with Crippen molar-refractivity contribution < 1.29 is 22.2 Å². The second-order valence-corrected chi connectivity index (χ2v) is 11.8. The third-order valence-electron chi connectivity index (χ3n) is 6.60. The van der Waals surface area contributed by atoms with Gasteiger partial charge in [0.1, 0.15) is 6.26 Å². The zero-order valence-corrected chi connectivity index (χ0v) is 21.9. The van der Waals surface area contributed by atoms with Crippen molar-refractivity contribution >= 4 is 21.8 Å². The highest BCUT2D eigenvalue weighted by Gasteiger charge is 2.36. The Kier molecular flexibility index (Phi) is 6.15. The van der Waals surface area contributed by atoms with Gasteiger partial charge in [-0.1, -0.05) is 43.3 Å². The predicted octanol–water partition coefficient (Wildman–Crippen LogP) is 5.17. The van der Waals surface area contributed by atoms with Crippen molar-refractivity contribution in [2.75, 3.05) is 11.3 Å². The summed E-state index contributed by atoms with van der Waals surface area (Å²) in [5.74, 6) is 0.590. The lowest BCUT2D eigenvalue weighted by atomic mass is 9.93. The lowest BCUT2D eigenvalue weighted by Crippen LogP contribution is -2.26. The van der Waals surface area contributed by atoms with Crippen molar-refractivity contribution in [3.8, 4) is 22.6 Å². The second kappa shape index (κ2) is 9.19. The standard InChI is InChI=1S/C27H28N4O5S/c1-17-18(2)29-36-25(17)30-37(33,34)23-8-6-5-7-22(23)21-10-9-19(26-28-11-12-35-26)13-20(21)15-31-16-27(3,4)14-24(31)32/h5-13,30H,14-16H2,1-4H3. The minimum Gasteiger partial charge on any atom is -0.445 e. The van der Waals surface area contributed by atoms with Crippen LogP contribution in [0.5, 0.6) is 0 Å². The van der Waals surface area contributed by atoms with Gasteiger partial charge in [0, 0.05) is 36.2 Å². The Balaban J connectivity index is 1.60. The molecule has 1 N–H and O–H groups in total. The number of rotatable bonds is 7. The smallest absolute Gasteiger partial charge is 0.264 e. The summed E-state index contributed by atoms with van der Waals surface area (Å²) in [5, 5.41) is 3.84. The van der Waals surface area contributed by atoms with Crippen LogP contribution >= 0.6 is 0 Å². The third-order valence-corrected chi connectivity index (χ3v) is 7.99. The normalized spacial score (nSPS) is 15.4. The van der Waals surface area contributed by atoms with Crippen molar-refractivity contribution in [1.29, 1.82) is 0 Å². The molecular formula is C27H28N4O5S. The van der Waals surface area contributed by atoms with Gasteiger partial charge >= 0.3 is 0 Å². The molecule has 0 atom stereocenters. The van der Waals surface area contributed by atoms with Gasteiger partial charge in [0.05, 0.1) is 16.8 Å². The van der Waals surface area contributed by atoms with Crippen LogP contribution in [0.3, 0.4) is 0 Å². The first-order valence-electron chi connectivity index (χ1n) is 11.9. The molecule has 0 saturated carbocycles. The third kappa shape index (κ3) is 4.89. The first-order chi connectivity index (χ1) is 17.5. The summed E-state index contributed by atoms with van der Waals surface area (Å²) >= 11 is 0. The van der Waals surface area contributed by atoms with Crippen molar-refractivity contribution in [3.63, 3.8) is 0 Å². The SMILES string of the molecule is Cc1noc(NS(=O)(=O)c2ccccc2-c2ccc(-c3ncco3)cc2CN2CC(C)(C)CC2=O)c1C. The van der Waals surface area contributed by atoms with Crippen LogP contribution in [-0.4, -0.2) is 35.9 Å². The Hall–Kier alpha value is -3.92. The van der Waals surface area contributed by atoms with Gasteiger partial charge in [-0.05, 0) is 48.6 Å². The maximum atomic E-state index is 13.5. The molecule has 0 unspecified atom stereocenters. The van der Waals surface area contributed by atoms with Crippen molar-refractivity contribution in [1.82, 2.24) is 15.0 Å². The number of nitrogens with one attached hydrogen (secondary N) is 1. The average Bonchev–Trinajstić information content (AvgIpc) is 3.55. The first-order valence-corrected chi connectivity index (χ1v) is 13.4. The fourth-order valence-corrected chi connectivity index (χ4v) is 5.90. The minimum absolute atomic E-state index is 0.0659. The van der Waals surface area contributed by atoms with Crippen LogP contribution in [0.25, 0.3) is 22.6 Å². The molecule has 1 aliphatic rings. The minimum atomic E-state index is -4.02. The van der Waals surface area contributed by atoms with E-state index in [1.165, 1.54) is 6.26 Å². The number of anilines is 1. The van der Waals surface area contributed by atoms with Gasteiger partial charge in [0.2, 0.25) is 17.7 Å². The fourth-order valence-electron chi connectivity index (χ4n) is 4.63. The van der Waals surface area contributed by atoms with Gasteiger partial charge in [0.15, 0.2) is 0 Å². The number of likely N-dealkylation sites (tertiary alicyclic amines) is 1. The number of carbonyl (C=O) groups excluding carboxylic acids is 1. The number of aromatic nitrogens is 2. The molecule has 1 aliphatic heterocycles. The van der Waals surface area contributed by atoms with Crippen molar-refractivity contribution in [2.24, 2.45) is 5.41 Å². The number of benzene rings is 2. The van der Waals surface area contributed by atoms with E-state index in [-0.39, 0.29) is 22.1 Å². The molecule has 9 nitrogen and oxygen atoms in total. The highest BCUT2D eigenvalue weighted by molar-refractivity contribution is 7.92. The van der Waals surface area contributed by atoms with Gasteiger partial charge in [-0.2, -0.15) is 0 Å². The lowest BCUT2D eigenvalue weighted by Gasteiger charge is -2.22. The Morgan fingerprint density at radius 3 is 2.54 bits per heavy atom. The molecule has 1 fully saturated rings. The van der Waals surface area contributed by atoms with E-state index in [1.54, 1.807) is 44.3 Å². The van der Waals surface area contributed by atoms with Gasteiger partial charge in [-0.15, -0.1) is 0 Å². The van der Waals surface area contributed by atoms with E-state index in [0.29, 0.717) is 47.8 Å². The van der Waals surface area contributed by atoms with Gasteiger partial charge < -0.3 is 13.8 Å². The van der Waals surface area contributed by atoms with Gasteiger partial charge in [0.25, 0.3) is 10.0 Å². The fraction of sp³-hybridized carbons (Fsp3) is 0.296. The molecule has 0 aliphatic carbocycles. The zero-order chi connectivity index (χ0) is 26.4. The Labute approximate surface area is 215 Å². The summed E-state index contributed by atoms with van der Waals surface area (Å²) in [5.41, 5.74) is 3.82. The summed E-state index contributed by atoms with van der Waals surface area (Å²) in [4.78, 5) is 18.9. The molecule has 2 aromatic heterocycles. The molecule has 4 aromatic rings. The van der Waals surface area contributed by atoms with Gasteiger partial charge in [-0.25, -0.2) is 18.1 Å². The number of hydrogen-bond acceptors (Lipinski definition) is 7. The summed E-state index contributed by atoms with van der Waals surface area (Å²) < 4.78 is 40.2. The van der Waals surface area contributed by atoms with Crippen LogP contribution < -0.4 is 4.72 Å².